The lowest BCUT2D eigenvalue weighted by Crippen LogP contribution is -2.46. The fourth-order valence-corrected chi connectivity index (χ4v) is 4.26. The van der Waals surface area contributed by atoms with Gasteiger partial charge in [0.15, 0.2) is 0 Å². The van der Waals surface area contributed by atoms with Crippen LogP contribution >= 0.6 is 24.0 Å². The number of hydrogen-bond donors (Lipinski definition) is 1. The zero-order chi connectivity index (χ0) is 15.3. The molecule has 0 saturated carbocycles. The van der Waals surface area contributed by atoms with Crippen molar-refractivity contribution in [3.63, 3.8) is 0 Å². The molecule has 0 amide bonds. The Bertz CT molecular complexity index is 634. The van der Waals surface area contributed by atoms with Crippen LogP contribution in [0.25, 0.3) is 0 Å². The summed E-state index contributed by atoms with van der Waals surface area (Å²) in [7, 11) is 0. The number of nitrogens with one attached hydrogen (secondary N) is 1. The number of thioether (sulfide) groups is 1. The number of nitrogens with zero attached hydrogens (tertiary/aromatic N) is 1. The van der Waals surface area contributed by atoms with Gasteiger partial charge in [0, 0.05) is 17.4 Å². The third-order valence-corrected chi connectivity index (χ3v) is 5.19. The third kappa shape index (κ3) is 2.48. The van der Waals surface area contributed by atoms with E-state index in [-0.39, 0.29) is 23.7 Å². The maximum absolute atomic E-state index is 14.4. The smallest absolute Gasteiger partial charge is 0.135 e. The first-order valence-electron chi connectivity index (χ1n) is 6.87. The molecule has 0 aromatic carbocycles. The lowest BCUT2D eigenvalue weighted by molar-refractivity contribution is 0.212. The Morgan fingerprint density at radius 1 is 1.43 bits per heavy atom. The second-order valence-corrected chi connectivity index (χ2v) is 7.41. The van der Waals surface area contributed by atoms with Crippen molar-refractivity contribution in [2.75, 3.05) is 0 Å². The Labute approximate surface area is 132 Å². The van der Waals surface area contributed by atoms with Crippen molar-refractivity contribution in [2.24, 2.45) is 16.8 Å². The molecule has 4 atom stereocenters. The molecule has 6 heteroatoms. The number of thiocarbonyl (C=S) groups is 1. The summed E-state index contributed by atoms with van der Waals surface area (Å²) in [4.78, 5) is 5.57. The van der Waals surface area contributed by atoms with Crippen LogP contribution in [0.15, 0.2) is 39.1 Å². The summed E-state index contributed by atoms with van der Waals surface area (Å²) >= 11 is 6.40. The number of aliphatic imine (C=N–C) groups is 1. The fourth-order valence-electron chi connectivity index (χ4n) is 3.17. The van der Waals surface area contributed by atoms with E-state index in [9.17, 15) is 8.78 Å². The van der Waals surface area contributed by atoms with E-state index in [4.69, 9.17) is 12.2 Å². The van der Waals surface area contributed by atoms with Gasteiger partial charge in [-0.1, -0.05) is 30.9 Å². The highest BCUT2D eigenvalue weighted by atomic mass is 32.2. The van der Waals surface area contributed by atoms with Crippen molar-refractivity contribution < 1.29 is 8.78 Å². The highest BCUT2D eigenvalue weighted by Gasteiger charge is 2.44. The lowest BCUT2D eigenvalue weighted by atomic mass is 9.71. The number of alkyl halides is 1. The van der Waals surface area contributed by atoms with Crippen LogP contribution in [0.1, 0.15) is 20.8 Å². The van der Waals surface area contributed by atoms with E-state index < -0.39 is 6.17 Å². The largest absolute Gasteiger partial charge is 0.373 e. The molecular formula is C15H16F2N2S2. The molecule has 112 valence electrons. The Kier molecular flexibility index (Phi) is 3.78. The second kappa shape index (κ2) is 5.32. The number of halogens is 2. The van der Waals surface area contributed by atoms with Gasteiger partial charge in [0.1, 0.15) is 12.0 Å². The topological polar surface area (TPSA) is 24.4 Å². The summed E-state index contributed by atoms with van der Waals surface area (Å²) < 4.78 is 28.8. The Morgan fingerprint density at radius 3 is 2.81 bits per heavy atom. The van der Waals surface area contributed by atoms with Crippen LogP contribution in [0.5, 0.6) is 0 Å². The van der Waals surface area contributed by atoms with Crippen molar-refractivity contribution in [2.45, 2.75) is 33.0 Å². The van der Waals surface area contributed by atoms with Crippen molar-refractivity contribution in [1.29, 1.82) is 0 Å². The maximum atomic E-state index is 14.4. The molecule has 0 saturated heterocycles. The average molecular weight is 326 g/mol. The highest BCUT2D eigenvalue weighted by molar-refractivity contribution is 8.17. The molecular weight excluding hydrogens is 310 g/mol. The number of rotatable bonds is 1. The SMILES string of the molecule is CC(=S)NC1C=C(F)C2=C3C(=CC(F)C(C)C31)N=C(C)S2. The van der Waals surface area contributed by atoms with Crippen LogP contribution < -0.4 is 5.32 Å². The molecule has 0 bridgehead atoms. The minimum Gasteiger partial charge on any atom is -0.373 e. The average Bonchev–Trinajstić information content (AvgIpc) is 2.37. The van der Waals surface area contributed by atoms with Gasteiger partial charge in [0.05, 0.1) is 26.7 Å². The highest BCUT2D eigenvalue weighted by Crippen LogP contribution is 2.50. The molecule has 0 spiro atoms. The standard InChI is InChI=1S/C15H16F2N2S2/c1-6-9(16)4-12-14-13(6)11(18-7(2)20)5-10(17)15(14)21-8(3)19-12/h4-6,9,11,13H,1-3H3,(H,18,20). The summed E-state index contributed by atoms with van der Waals surface area (Å²) in [6.07, 6.45) is 1.95. The van der Waals surface area contributed by atoms with Gasteiger partial charge in [0.2, 0.25) is 0 Å². The summed E-state index contributed by atoms with van der Waals surface area (Å²) in [5.74, 6) is -0.675. The summed E-state index contributed by atoms with van der Waals surface area (Å²) in [6, 6.07) is -0.326. The zero-order valence-corrected chi connectivity index (χ0v) is 13.6. The van der Waals surface area contributed by atoms with Gasteiger partial charge in [0.25, 0.3) is 0 Å². The van der Waals surface area contributed by atoms with Gasteiger partial charge in [-0.15, -0.1) is 0 Å². The van der Waals surface area contributed by atoms with E-state index in [0.29, 0.717) is 15.6 Å². The van der Waals surface area contributed by atoms with Crippen molar-refractivity contribution >= 4 is 34.0 Å². The van der Waals surface area contributed by atoms with Crippen LogP contribution in [-0.4, -0.2) is 22.2 Å². The van der Waals surface area contributed by atoms with E-state index in [1.807, 2.05) is 13.8 Å². The van der Waals surface area contributed by atoms with E-state index in [0.717, 1.165) is 10.6 Å². The monoisotopic (exact) mass is 326 g/mol. The zero-order valence-electron chi connectivity index (χ0n) is 12.0. The van der Waals surface area contributed by atoms with Crippen molar-refractivity contribution in [1.82, 2.24) is 5.32 Å². The minimum absolute atomic E-state index is 0.156. The molecule has 0 aromatic rings. The van der Waals surface area contributed by atoms with Gasteiger partial charge in [-0.25, -0.2) is 13.8 Å². The molecule has 3 aliphatic rings. The van der Waals surface area contributed by atoms with E-state index in [2.05, 4.69) is 10.3 Å². The van der Waals surface area contributed by atoms with Crippen LogP contribution in [0.4, 0.5) is 8.78 Å². The minimum atomic E-state index is -1.08. The molecule has 0 aromatic heterocycles. The molecule has 1 aliphatic heterocycles. The Hall–Kier alpha value is -1.01. The molecule has 1 heterocycles. The lowest BCUT2D eigenvalue weighted by Gasteiger charge is -2.41. The number of hydrogen-bond acceptors (Lipinski definition) is 3. The van der Waals surface area contributed by atoms with E-state index in [1.165, 1.54) is 23.9 Å². The maximum Gasteiger partial charge on any atom is 0.135 e. The summed E-state index contributed by atoms with van der Waals surface area (Å²) in [5.41, 5.74) is 1.40. The quantitative estimate of drug-likeness (QED) is 0.735. The molecule has 0 radical (unpaired) electrons. The molecule has 1 N–H and O–H groups in total. The van der Waals surface area contributed by atoms with Crippen molar-refractivity contribution in [3.05, 3.63) is 34.2 Å². The first-order chi connectivity index (χ1) is 9.88. The van der Waals surface area contributed by atoms with Gasteiger partial charge < -0.3 is 5.32 Å². The van der Waals surface area contributed by atoms with Gasteiger partial charge >= 0.3 is 0 Å². The van der Waals surface area contributed by atoms with Crippen LogP contribution in [-0.2, 0) is 0 Å². The second-order valence-electron chi connectivity index (χ2n) is 5.60. The van der Waals surface area contributed by atoms with Crippen LogP contribution in [0.3, 0.4) is 0 Å². The third-order valence-electron chi connectivity index (χ3n) is 4.07. The Morgan fingerprint density at radius 2 is 2.14 bits per heavy atom. The van der Waals surface area contributed by atoms with Crippen LogP contribution in [0.2, 0.25) is 0 Å². The fraction of sp³-hybridized carbons (Fsp3) is 0.467. The molecule has 21 heavy (non-hydrogen) atoms. The predicted molar refractivity (Wildman–Crippen MR) is 87.7 cm³/mol. The van der Waals surface area contributed by atoms with E-state index in [1.54, 1.807) is 6.92 Å². The molecule has 3 rings (SSSR count). The first-order valence-corrected chi connectivity index (χ1v) is 8.09. The van der Waals surface area contributed by atoms with Gasteiger partial charge in [-0.2, -0.15) is 0 Å². The predicted octanol–water partition coefficient (Wildman–Crippen LogP) is 4.07. The normalized spacial score (nSPS) is 34.6. The summed E-state index contributed by atoms with van der Waals surface area (Å²) in [5, 5.41) is 3.83. The summed E-state index contributed by atoms with van der Waals surface area (Å²) in [6.45, 7) is 5.42. The van der Waals surface area contributed by atoms with Gasteiger partial charge in [-0.05, 0) is 26.0 Å². The van der Waals surface area contributed by atoms with Crippen LogP contribution in [0, 0.1) is 11.8 Å². The number of allylic oxidation sites excluding steroid dienone is 3. The molecule has 2 aliphatic carbocycles. The van der Waals surface area contributed by atoms with Crippen molar-refractivity contribution in [3.8, 4) is 0 Å². The van der Waals surface area contributed by atoms with Gasteiger partial charge in [-0.3, -0.25) is 0 Å². The Balaban J connectivity index is 2.13. The van der Waals surface area contributed by atoms with E-state index >= 15 is 0 Å². The molecule has 2 nitrogen and oxygen atoms in total. The first kappa shape index (κ1) is 14.9. The molecule has 4 unspecified atom stereocenters. The molecule has 0 fully saturated rings.